The van der Waals surface area contributed by atoms with Gasteiger partial charge in [-0.2, -0.15) is 0 Å². The standard InChI is InChI=1S/C22H32N4O8/c27-10-2-9-26(13-15(20(30)31)12-24-19(29)17-3-1-8-23-17)22(34)25-18(21(32)33)11-14-4-6-16(28)7-5-14/h4-7,15,17-18,23,27-28H,1-3,8-13H2,(H,24,29)(H,25,34)(H,30,31)(H,32,33)/t15-,17+,18+/m1/s1. The highest BCUT2D eigenvalue weighted by Crippen LogP contribution is 2.12. The number of aliphatic carboxylic acids is 2. The van der Waals surface area contributed by atoms with Crippen LogP contribution in [0.25, 0.3) is 0 Å². The Morgan fingerprint density at radius 1 is 1.12 bits per heavy atom. The number of carbonyl (C=O) groups excluding carboxylic acids is 2. The number of hydrogen-bond donors (Lipinski definition) is 7. The van der Waals surface area contributed by atoms with Crippen molar-refractivity contribution in [3.8, 4) is 5.75 Å². The Bertz CT molecular complexity index is 842. The fraction of sp³-hybridized carbons (Fsp3) is 0.545. The number of aromatic hydroxyl groups is 1. The van der Waals surface area contributed by atoms with E-state index in [2.05, 4.69) is 16.0 Å². The monoisotopic (exact) mass is 480 g/mol. The predicted molar refractivity (Wildman–Crippen MR) is 120 cm³/mol. The van der Waals surface area contributed by atoms with E-state index in [9.17, 15) is 39.6 Å². The van der Waals surface area contributed by atoms with Crippen molar-refractivity contribution in [1.82, 2.24) is 20.9 Å². The summed E-state index contributed by atoms with van der Waals surface area (Å²) < 4.78 is 0. The highest BCUT2D eigenvalue weighted by molar-refractivity contribution is 5.84. The molecule has 7 N–H and O–H groups in total. The van der Waals surface area contributed by atoms with E-state index in [4.69, 9.17) is 0 Å². The number of carboxylic acid groups (broad SMARTS) is 2. The van der Waals surface area contributed by atoms with Crippen molar-refractivity contribution in [1.29, 1.82) is 0 Å². The van der Waals surface area contributed by atoms with Crippen LogP contribution in [-0.2, 0) is 20.8 Å². The van der Waals surface area contributed by atoms with Crippen LogP contribution in [0, 0.1) is 5.92 Å². The number of phenols is 1. The van der Waals surface area contributed by atoms with Gasteiger partial charge in [-0.05, 0) is 43.5 Å². The summed E-state index contributed by atoms with van der Waals surface area (Å²) in [5.41, 5.74) is 0.569. The van der Waals surface area contributed by atoms with E-state index in [-0.39, 0.29) is 56.8 Å². The topological polar surface area (TPSA) is 189 Å². The Labute approximate surface area is 196 Å². The fourth-order valence-corrected chi connectivity index (χ4v) is 3.60. The number of nitrogens with zero attached hydrogens (tertiary/aromatic N) is 1. The third kappa shape index (κ3) is 8.52. The SMILES string of the molecule is O=C(O)[C@H](CNC(=O)[C@@H]1CCCN1)CN(CCCO)C(=O)N[C@@H](Cc1ccc(O)cc1)C(=O)O. The number of aliphatic hydroxyl groups excluding tert-OH is 1. The van der Waals surface area contributed by atoms with Gasteiger partial charge in [-0.3, -0.25) is 9.59 Å². The Balaban J connectivity index is 2.03. The molecule has 1 aliphatic rings. The molecular formula is C22H32N4O8. The number of hydrogen-bond acceptors (Lipinski definition) is 7. The predicted octanol–water partition coefficient (Wildman–Crippen LogP) is -0.649. The molecule has 0 aliphatic carbocycles. The summed E-state index contributed by atoms with van der Waals surface area (Å²) in [6.07, 6.45) is 1.62. The minimum atomic E-state index is -1.30. The smallest absolute Gasteiger partial charge is 0.326 e. The van der Waals surface area contributed by atoms with Gasteiger partial charge >= 0.3 is 18.0 Å². The van der Waals surface area contributed by atoms with Crippen molar-refractivity contribution in [2.24, 2.45) is 5.92 Å². The average Bonchev–Trinajstić information content (AvgIpc) is 3.34. The molecule has 12 heteroatoms. The Morgan fingerprint density at radius 2 is 1.82 bits per heavy atom. The first-order chi connectivity index (χ1) is 16.2. The molecule has 0 spiro atoms. The summed E-state index contributed by atoms with van der Waals surface area (Å²) in [4.78, 5) is 49.7. The van der Waals surface area contributed by atoms with Gasteiger partial charge in [0, 0.05) is 32.7 Å². The van der Waals surface area contributed by atoms with Crippen LogP contribution >= 0.6 is 0 Å². The van der Waals surface area contributed by atoms with Crippen LogP contribution < -0.4 is 16.0 Å². The summed E-state index contributed by atoms with van der Waals surface area (Å²) in [5.74, 6) is -3.93. The van der Waals surface area contributed by atoms with Gasteiger partial charge in [-0.15, -0.1) is 0 Å². The van der Waals surface area contributed by atoms with Crippen molar-refractivity contribution in [2.45, 2.75) is 37.8 Å². The van der Waals surface area contributed by atoms with Gasteiger partial charge in [-0.1, -0.05) is 12.1 Å². The van der Waals surface area contributed by atoms with E-state index in [1.807, 2.05) is 0 Å². The molecule has 0 aromatic heterocycles. The summed E-state index contributed by atoms with van der Waals surface area (Å²) in [5, 5.41) is 45.7. The minimum Gasteiger partial charge on any atom is -0.508 e. The zero-order valence-electron chi connectivity index (χ0n) is 18.8. The molecule has 34 heavy (non-hydrogen) atoms. The summed E-state index contributed by atoms with van der Waals surface area (Å²) >= 11 is 0. The third-order valence-corrected chi connectivity index (χ3v) is 5.53. The van der Waals surface area contributed by atoms with Gasteiger partial charge in [-0.25, -0.2) is 9.59 Å². The minimum absolute atomic E-state index is 0.00418. The van der Waals surface area contributed by atoms with Crippen LogP contribution in [0.5, 0.6) is 5.75 Å². The number of phenolic OH excluding ortho intramolecular Hbond substituents is 1. The second kappa shape index (κ2) is 13.4. The van der Waals surface area contributed by atoms with E-state index in [0.717, 1.165) is 11.3 Å². The highest BCUT2D eigenvalue weighted by atomic mass is 16.4. The van der Waals surface area contributed by atoms with E-state index in [1.54, 1.807) is 0 Å². The first kappa shape index (κ1) is 26.9. The number of carbonyl (C=O) groups is 4. The molecular weight excluding hydrogens is 448 g/mol. The van der Waals surface area contributed by atoms with E-state index >= 15 is 0 Å². The lowest BCUT2D eigenvalue weighted by atomic mass is 10.1. The maximum absolute atomic E-state index is 12.9. The molecule has 0 saturated carbocycles. The van der Waals surface area contributed by atoms with Gasteiger partial charge in [0.1, 0.15) is 11.8 Å². The zero-order valence-corrected chi connectivity index (χ0v) is 18.8. The zero-order chi connectivity index (χ0) is 25.1. The highest BCUT2D eigenvalue weighted by Gasteiger charge is 2.29. The van der Waals surface area contributed by atoms with Crippen LogP contribution in [0.3, 0.4) is 0 Å². The molecule has 3 amide bonds. The molecule has 0 bridgehead atoms. The van der Waals surface area contributed by atoms with Crippen LogP contribution in [0.1, 0.15) is 24.8 Å². The summed E-state index contributed by atoms with van der Waals surface area (Å²) in [6, 6.07) is 3.39. The molecule has 1 aliphatic heterocycles. The molecule has 1 fully saturated rings. The number of amides is 3. The molecule has 1 aromatic rings. The molecule has 1 saturated heterocycles. The molecule has 188 valence electrons. The second-order valence-corrected chi connectivity index (χ2v) is 8.16. The Morgan fingerprint density at radius 3 is 2.38 bits per heavy atom. The van der Waals surface area contributed by atoms with Crippen LogP contribution in [-0.4, -0.2) is 94.1 Å². The lowest BCUT2D eigenvalue weighted by Gasteiger charge is -2.28. The van der Waals surface area contributed by atoms with E-state index in [0.29, 0.717) is 18.5 Å². The molecule has 1 aromatic carbocycles. The average molecular weight is 481 g/mol. The summed E-state index contributed by atoms with van der Waals surface area (Å²) in [7, 11) is 0. The maximum atomic E-state index is 12.9. The first-order valence-corrected chi connectivity index (χ1v) is 11.1. The maximum Gasteiger partial charge on any atom is 0.326 e. The van der Waals surface area contributed by atoms with Crippen molar-refractivity contribution in [3.05, 3.63) is 29.8 Å². The normalized spacial score (nSPS) is 16.9. The Hall–Kier alpha value is -3.38. The fourth-order valence-electron chi connectivity index (χ4n) is 3.60. The molecule has 3 atom stereocenters. The molecule has 2 rings (SSSR count). The van der Waals surface area contributed by atoms with Crippen LogP contribution in [0.15, 0.2) is 24.3 Å². The number of nitrogens with one attached hydrogen (secondary N) is 3. The van der Waals surface area contributed by atoms with Gasteiger partial charge in [0.2, 0.25) is 5.91 Å². The summed E-state index contributed by atoms with van der Waals surface area (Å²) in [6.45, 7) is -0.0298. The number of aliphatic hydroxyl groups is 1. The van der Waals surface area contributed by atoms with Crippen molar-refractivity contribution in [3.63, 3.8) is 0 Å². The largest absolute Gasteiger partial charge is 0.508 e. The number of rotatable bonds is 13. The lowest BCUT2D eigenvalue weighted by Crippen LogP contribution is -2.52. The lowest BCUT2D eigenvalue weighted by molar-refractivity contribution is -0.142. The van der Waals surface area contributed by atoms with Gasteiger partial charge in [0.05, 0.1) is 12.0 Å². The molecule has 1 heterocycles. The van der Waals surface area contributed by atoms with Crippen molar-refractivity contribution in [2.75, 3.05) is 32.8 Å². The van der Waals surface area contributed by atoms with Crippen molar-refractivity contribution < 1.29 is 39.6 Å². The Kier molecular flexibility index (Phi) is 10.6. The number of urea groups is 1. The van der Waals surface area contributed by atoms with E-state index in [1.165, 1.54) is 24.3 Å². The van der Waals surface area contributed by atoms with E-state index < -0.39 is 29.9 Å². The van der Waals surface area contributed by atoms with Gasteiger partial charge < -0.3 is 41.3 Å². The van der Waals surface area contributed by atoms with Gasteiger partial charge in [0.15, 0.2) is 0 Å². The van der Waals surface area contributed by atoms with Crippen molar-refractivity contribution >= 4 is 23.9 Å². The first-order valence-electron chi connectivity index (χ1n) is 11.1. The number of carboxylic acids is 2. The molecule has 0 unspecified atom stereocenters. The molecule has 12 nitrogen and oxygen atoms in total. The van der Waals surface area contributed by atoms with Crippen LogP contribution in [0.2, 0.25) is 0 Å². The third-order valence-electron chi connectivity index (χ3n) is 5.53. The van der Waals surface area contributed by atoms with Gasteiger partial charge in [0.25, 0.3) is 0 Å². The second-order valence-electron chi connectivity index (χ2n) is 8.16. The van der Waals surface area contributed by atoms with Crippen LogP contribution in [0.4, 0.5) is 4.79 Å². The number of benzene rings is 1. The molecule has 0 radical (unpaired) electrons. The quantitative estimate of drug-likeness (QED) is 0.192.